The van der Waals surface area contributed by atoms with E-state index in [1.807, 2.05) is 0 Å². The molecule has 0 radical (unpaired) electrons. The van der Waals surface area contributed by atoms with E-state index in [-0.39, 0.29) is 48.6 Å². The normalized spacial score (nSPS) is 11.3. The average molecular weight is 554 g/mol. The summed E-state index contributed by atoms with van der Waals surface area (Å²) in [5, 5.41) is 5.80. The van der Waals surface area contributed by atoms with E-state index in [1.54, 1.807) is 0 Å². The highest BCUT2D eigenvalue weighted by Crippen LogP contribution is 2.35. The third kappa shape index (κ3) is 4.95. The minimum absolute atomic E-state index is 0.0159. The SMILES string of the molecule is [N-]=[N+]=NC(=O)c1ccc2c(c1)nc(C(F)(F)F)n2-c1ccc(NC(=O)c2c(Cl)cc(Cl)cc2Cl)cc1. The minimum atomic E-state index is -4.83. The van der Waals surface area contributed by atoms with Crippen molar-refractivity contribution >= 4 is 63.3 Å². The maximum atomic E-state index is 13.8. The summed E-state index contributed by atoms with van der Waals surface area (Å²) in [7, 11) is 0. The molecule has 1 heterocycles. The topological polar surface area (TPSA) is 113 Å². The van der Waals surface area contributed by atoms with Crippen LogP contribution in [0.5, 0.6) is 0 Å². The summed E-state index contributed by atoms with van der Waals surface area (Å²) in [5.74, 6) is -2.83. The van der Waals surface area contributed by atoms with Crippen LogP contribution >= 0.6 is 34.8 Å². The molecule has 36 heavy (non-hydrogen) atoms. The molecule has 0 saturated carbocycles. The van der Waals surface area contributed by atoms with Gasteiger partial charge < -0.3 is 5.32 Å². The van der Waals surface area contributed by atoms with Crippen LogP contribution in [0.25, 0.3) is 27.2 Å². The zero-order valence-corrected chi connectivity index (χ0v) is 19.8. The van der Waals surface area contributed by atoms with Gasteiger partial charge in [-0.25, -0.2) is 4.98 Å². The largest absolute Gasteiger partial charge is 0.450 e. The van der Waals surface area contributed by atoms with Crippen LogP contribution in [0, 0.1) is 0 Å². The van der Waals surface area contributed by atoms with Crippen molar-refractivity contribution in [2.75, 3.05) is 5.32 Å². The lowest BCUT2D eigenvalue weighted by molar-refractivity contribution is -0.145. The average Bonchev–Trinajstić information content (AvgIpc) is 3.18. The summed E-state index contributed by atoms with van der Waals surface area (Å²) < 4.78 is 42.2. The number of hydrogen-bond donors (Lipinski definition) is 1. The van der Waals surface area contributed by atoms with Crippen molar-refractivity contribution in [2.45, 2.75) is 6.18 Å². The number of rotatable bonds is 4. The van der Waals surface area contributed by atoms with Crippen LogP contribution in [0.2, 0.25) is 15.1 Å². The number of fused-ring (bicyclic) bond motifs is 1. The molecule has 4 rings (SSSR count). The Morgan fingerprint density at radius 3 is 2.22 bits per heavy atom. The van der Waals surface area contributed by atoms with Gasteiger partial charge in [-0.15, -0.1) is 0 Å². The molecule has 0 unspecified atom stereocenters. The molecular weight excluding hydrogens is 544 g/mol. The Hall–Kier alpha value is -3.76. The molecule has 4 aromatic rings. The third-order valence-electron chi connectivity index (χ3n) is 4.91. The van der Waals surface area contributed by atoms with Crippen LogP contribution < -0.4 is 5.32 Å². The molecule has 8 nitrogen and oxygen atoms in total. The molecular formula is C22H10Cl3F3N6O2. The quantitative estimate of drug-likeness (QED) is 0.159. The highest BCUT2D eigenvalue weighted by molar-refractivity contribution is 6.42. The summed E-state index contributed by atoms with van der Waals surface area (Å²) in [6.45, 7) is 0. The Balaban J connectivity index is 1.71. The van der Waals surface area contributed by atoms with Gasteiger partial charge in [-0.2, -0.15) is 13.2 Å². The maximum Gasteiger partial charge on any atom is 0.450 e. The fourth-order valence-corrected chi connectivity index (χ4v) is 4.40. The number of hydrogen-bond acceptors (Lipinski definition) is 3. The van der Waals surface area contributed by atoms with E-state index in [1.165, 1.54) is 48.5 Å². The number of benzene rings is 3. The van der Waals surface area contributed by atoms with Crippen LogP contribution in [0.4, 0.5) is 18.9 Å². The molecule has 0 aliphatic rings. The van der Waals surface area contributed by atoms with Crippen molar-refractivity contribution < 1.29 is 22.8 Å². The summed E-state index contributed by atoms with van der Waals surface area (Å²) in [6.07, 6.45) is -4.83. The van der Waals surface area contributed by atoms with Crippen LogP contribution in [0.1, 0.15) is 26.5 Å². The molecule has 0 spiro atoms. The van der Waals surface area contributed by atoms with E-state index in [9.17, 15) is 22.8 Å². The molecule has 0 bridgehead atoms. The number of alkyl halides is 3. The minimum Gasteiger partial charge on any atom is -0.322 e. The van der Waals surface area contributed by atoms with Gasteiger partial charge in [0.25, 0.3) is 5.91 Å². The number of carbonyl (C=O) groups excluding carboxylic acids is 2. The van der Waals surface area contributed by atoms with Gasteiger partial charge in [-0.3, -0.25) is 14.2 Å². The lowest BCUT2D eigenvalue weighted by Crippen LogP contribution is -2.15. The van der Waals surface area contributed by atoms with Crippen LogP contribution in [0.15, 0.2) is 59.7 Å². The number of imidazole rings is 1. The van der Waals surface area contributed by atoms with E-state index < -0.39 is 23.8 Å². The second kappa shape index (κ2) is 9.71. The third-order valence-corrected chi connectivity index (χ3v) is 5.72. The molecule has 1 aromatic heterocycles. The number of amides is 2. The van der Waals surface area contributed by atoms with E-state index in [0.717, 1.165) is 10.6 Å². The fourth-order valence-electron chi connectivity index (χ4n) is 3.41. The van der Waals surface area contributed by atoms with Crippen molar-refractivity contribution in [3.63, 3.8) is 0 Å². The molecule has 0 aliphatic carbocycles. The number of carbonyl (C=O) groups is 2. The first-order valence-electron chi connectivity index (χ1n) is 9.75. The molecule has 0 saturated heterocycles. The fraction of sp³-hybridized carbons (Fsp3) is 0.0455. The first-order valence-corrected chi connectivity index (χ1v) is 10.9. The Morgan fingerprint density at radius 1 is 1.00 bits per heavy atom. The van der Waals surface area contributed by atoms with E-state index in [0.29, 0.717) is 0 Å². The van der Waals surface area contributed by atoms with Gasteiger partial charge in [-0.05, 0) is 65.2 Å². The summed E-state index contributed by atoms with van der Waals surface area (Å²) in [4.78, 5) is 30.5. The molecule has 0 fully saturated rings. The Kier molecular flexibility index (Phi) is 6.83. The lowest BCUT2D eigenvalue weighted by Gasteiger charge is -2.13. The standard InChI is InChI=1S/C22H10Cl3F3N6O2/c23-11-8-14(24)18(15(25)9-11)20(36)30-12-2-4-13(5-3-12)34-17-6-1-10(19(35)32-33-29)7-16(17)31-21(34)22(26,27)28/h1-9H,(H,30,36). The van der Waals surface area contributed by atoms with Crippen LogP contribution in [0.3, 0.4) is 0 Å². The van der Waals surface area contributed by atoms with Crippen LogP contribution in [-0.4, -0.2) is 21.4 Å². The van der Waals surface area contributed by atoms with Gasteiger partial charge in [0, 0.05) is 26.9 Å². The predicted molar refractivity (Wildman–Crippen MR) is 129 cm³/mol. The number of anilines is 1. The molecule has 2 amide bonds. The number of azide groups is 1. The predicted octanol–water partition coefficient (Wildman–Crippen LogP) is 7.71. The van der Waals surface area contributed by atoms with Gasteiger partial charge in [0.15, 0.2) is 0 Å². The number of nitrogens with one attached hydrogen (secondary N) is 1. The van der Waals surface area contributed by atoms with Crippen LogP contribution in [-0.2, 0) is 6.18 Å². The first-order chi connectivity index (χ1) is 17.0. The van der Waals surface area contributed by atoms with E-state index >= 15 is 0 Å². The zero-order chi connectivity index (χ0) is 26.2. The van der Waals surface area contributed by atoms with Gasteiger partial charge >= 0.3 is 6.18 Å². The van der Waals surface area contributed by atoms with Gasteiger partial charge in [0.05, 0.1) is 26.6 Å². The van der Waals surface area contributed by atoms with E-state index in [2.05, 4.69) is 20.3 Å². The second-order valence-electron chi connectivity index (χ2n) is 7.21. The lowest BCUT2D eigenvalue weighted by atomic mass is 10.2. The van der Waals surface area contributed by atoms with Crippen molar-refractivity contribution in [3.8, 4) is 5.69 Å². The van der Waals surface area contributed by atoms with Crippen molar-refractivity contribution in [1.29, 1.82) is 0 Å². The Bertz CT molecular complexity index is 1560. The molecule has 0 atom stereocenters. The maximum absolute atomic E-state index is 13.8. The summed E-state index contributed by atoms with van der Waals surface area (Å²) in [5.41, 5.74) is 8.55. The van der Waals surface area contributed by atoms with Crippen molar-refractivity contribution in [3.05, 3.63) is 97.1 Å². The van der Waals surface area contributed by atoms with Crippen molar-refractivity contribution in [2.24, 2.45) is 5.11 Å². The number of halogens is 6. The van der Waals surface area contributed by atoms with Gasteiger partial charge in [-0.1, -0.05) is 34.8 Å². The summed E-state index contributed by atoms with van der Waals surface area (Å²) >= 11 is 18.0. The summed E-state index contributed by atoms with van der Waals surface area (Å²) in [6, 6.07) is 11.7. The van der Waals surface area contributed by atoms with Crippen molar-refractivity contribution in [1.82, 2.24) is 9.55 Å². The smallest absolute Gasteiger partial charge is 0.322 e. The van der Waals surface area contributed by atoms with Gasteiger partial charge in [0.2, 0.25) is 11.7 Å². The molecule has 182 valence electrons. The van der Waals surface area contributed by atoms with E-state index in [4.69, 9.17) is 40.3 Å². The Labute approximate surface area is 214 Å². The molecule has 3 aromatic carbocycles. The highest BCUT2D eigenvalue weighted by Gasteiger charge is 2.38. The zero-order valence-electron chi connectivity index (χ0n) is 17.5. The monoisotopic (exact) mass is 552 g/mol. The van der Waals surface area contributed by atoms with Gasteiger partial charge in [0.1, 0.15) is 0 Å². The first kappa shape index (κ1) is 25.3. The molecule has 1 N–H and O–H groups in total. The molecule has 0 aliphatic heterocycles. The number of aromatic nitrogens is 2. The Morgan fingerprint density at radius 2 is 1.64 bits per heavy atom. The molecule has 14 heteroatoms. The highest BCUT2D eigenvalue weighted by atomic mass is 35.5. The number of nitrogens with zero attached hydrogens (tertiary/aromatic N) is 5. The second-order valence-corrected chi connectivity index (χ2v) is 8.46.